The minimum atomic E-state index is -4.33. The summed E-state index contributed by atoms with van der Waals surface area (Å²) in [6.45, 7) is 5.71. The lowest BCUT2D eigenvalue weighted by Gasteiger charge is -2.30. The number of fused-ring (bicyclic) bond motifs is 2. The fourth-order valence-electron chi connectivity index (χ4n) is 5.57. The molecule has 3 aliphatic rings. The first-order chi connectivity index (χ1) is 20.6. The van der Waals surface area contributed by atoms with Gasteiger partial charge in [-0.3, -0.25) is 18.7 Å². The van der Waals surface area contributed by atoms with Crippen LogP contribution in [0.1, 0.15) is 72.1 Å². The van der Waals surface area contributed by atoms with Gasteiger partial charge in [0.25, 0.3) is 11.8 Å². The number of anilines is 1. The van der Waals surface area contributed by atoms with Crippen molar-refractivity contribution in [2.24, 2.45) is 5.92 Å². The average molecular weight is 652 g/mol. The van der Waals surface area contributed by atoms with E-state index in [4.69, 9.17) is 16.3 Å². The maximum absolute atomic E-state index is 13.7. The lowest BCUT2D eigenvalue weighted by molar-refractivity contribution is -0.146. The zero-order valence-corrected chi connectivity index (χ0v) is 27.2. The highest BCUT2D eigenvalue weighted by atomic mass is 35.5. The molecule has 2 fully saturated rings. The molecule has 1 aliphatic carbocycles. The molecule has 2 heterocycles. The van der Waals surface area contributed by atoms with Crippen molar-refractivity contribution in [2.75, 3.05) is 17.9 Å². The zero-order chi connectivity index (χ0) is 32.3. The maximum atomic E-state index is 13.7. The van der Waals surface area contributed by atoms with Crippen LogP contribution in [0.15, 0.2) is 36.4 Å². The topological polar surface area (TPSA) is 154 Å². The van der Waals surface area contributed by atoms with E-state index in [9.17, 15) is 27.6 Å². The van der Waals surface area contributed by atoms with Crippen molar-refractivity contribution in [3.8, 4) is 0 Å². The van der Waals surface area contributed by atoms with Gasteiger partial charge in [-0.15, -0.1) is 0 Å². The highest BCUT2D eigenvalue weighted by molar-refractivity contribution is 7.91. The van der Waals surface area contributed by atoms with Gasteiger partial charge in [0.2, 0.25) is 5.91 Å². The van der Waals surface area contributed by atoms with E-state index in [1.165, 1.54) is 36.2 Å². The number of amides is 4. The van der Waals surface area contributed by atoms with E-state index in [2.05, 4.69) is 15.4 Å². The molecule has 1 aromatic carbocycles. The second-order valence-electron chi connectivity index (χ2n) is 12.7. The monoisotopic (exact) mass is 651 g/mol. The summed E-state index contributed by atoms with van der Waals surface area (Å²) in [6.07, 6.45) is 6.35. The molecule has 1 saturated carbocycles. The molecule has 1 saturated heterocycles. The molecule has 14 heteroatoms. The second-order valence-corrected chi connectivity index (χ2v) is 14.8. The van der Waals surface area contributed by atoms with Gasteiger partial charge in [-0.1, -0.05) is 30.2 Å². The third-order valence-electron chi connectivity index (χ3n) is 8.08. The summed E-state index contributed by atoms with van der Waals surface area (Å²) in [7, 11) is -3.03. The summed E-state index contributed by atoms with van der Waals surface area (Å²) < 4.78 is 35.0. The summed E-state index contributed by atoms with van der Waals surface area (Å²) in [6, 6.07) is 5.19. The van der Waals surface area contributed by atoms with Crippen LogP contribution >= 0.6 is 11.6 Å². The molecule has 4 rings (SSSR count). The number of carbonyl (C=O) groups is 4. The Morgan fingerprint density at radius 3 is 2.48 bits per heavy atom. The lowest BCUT2D eigenvalue weighted by Crippen LogP contribution is -2.58. The predicted octanol–water partition coefficient (Wildman–Crippen LogP) is 3.42. The van der Waals surface area contributed by atoms with Crippen LogP contribution in [0.4, 0.5) is 10.5 Å². The summed E-state index contributed by atoms with van der Waals surface area (Å²) >= 11 is 5.92. The molecule has 0 radical (unpaired) electrons. The van der Waals surface area contributed by atoms with Crippen LogP contribution in [0.25, 0.3) is 0 Å². The molecule has 4 atom stereocenters. The van der Waals surface area contributed by atoms with Crippen LogP contribution in [0, 0.1) is 5.92 Å². The number of allylic oxidation sites excluding steroid dienone is 1. The number of hydrogen-bond acceptors (Lipinski definition) is 7. The van der Waals surface area contributed by atoms with Crippen molar-refractivity contribution in [3.63, 3.8) is 0 Å². The van der Waals surface area contributed by atoms with E-state index in [-0.39, 0.29) is 6.42 Å². The van der Waals surface area contributed by atoms with Crippen molar-refractivity contribution in [2.45, 2.75) is 95.4 Å². The van der Waals surface area contributed by atoms with Crippen LogP contribution < -0.4 is 19.7 Å². The second kappa shape index (κ2) is 13.4. The van der Waals surface area contributed by atoms with Crippen LogP contribution in [0.3, 0.4) is 0 Å². The number of nitrogens with one attached hydrogen (secondary N) is 3. The average Bonchev–Trinajstić information content (AvgIpc) is 3.40. The standard InChI is InChI=1S/C30H42ClN5O7S/c1-29(2,3)33-28(40)43-24-13-9-7-5-6-8-11-20-19-30(20,32-25(37)23-12-10-18-36(23)26(24)38)27(39)34-44(41,42)35(4)22-16-14-21(31)15-17-22/h8,11,14-17,20,23-24H,5-7,9-10,12-13,18-19H2,1-4H3,(H,32,37)(H,33,40)(H,34,39)/t20-,23+,24+,30-/m1/s1. The molecule has 0 aromatic heterocycles. The van der Waals surface area contributed by atoms with Crippen LogP contribution in [0.2, 0.25) is 5.02 Å². The molecular formula is C30H42ClN5O7S. The van der Waals surface area contributed by atoms with Gasteiger partial charge < -0.3 is 20.3 Å². The van der Waals surface area contributed by atoms with Gasteiger partial charge in [0.15, 0.2) is 6.10 Å². The molecule has 3 N–H and O–H groups in total. The Bertz CT molecular complexity index is 1400. The molecule has 44 heavy (non-hydrogen) atoms. The van der Waals surface area contributed by atoms with Crippen molar-refractivity contribution in [3.05, 3.63) is 41.4 Å². The Morgan fingerprint density at radius 2 is 1.80 bits per heavy atom. The Balaban J connectivity index is 1.55. The molecule has 1 aromatic rings. The Morgan fingerprint density at radius 1 is 1.09 bits per heavy atom. The predicted molar refractivity (Wildman–Crippen MR) is 166 cm³/mol. The van der Waals surface area contributed by atoms with Crippen LogP contribution in [-0.4, -0.2) is 73.9 Å². The Labute approximate surface area is 264 Å². The first kappa shape index (κ1) is 33.6. The molecule has 0 spiro atoms. The van der Waals surface area contributed by atoms with E-state index in [1.807, 2.05) is 12.2 Å². The van der Waals surface area contributed by atoms with Crippen molar-refractivity contribution >= 4 is 51.3 Å². The van der Waals surface area contributed by atoms with Gasteiger partial charge in [0, 0.05) is 30.1 Å². The van der Waals surface area contributed by atoms with Crippen molar-refractivity contribution < 1.29 is 32.3 Å². The molecule has 2 aliphatic heterocycles. The van der Waals surface area contributed by atoms with E-state index < -0.39 is 63.2 Å². The zero-order valence-electron chi connectivity index (χ0n) is 25.6. The summed E-state index contributed by atoms with van der Waals surface area (Å²) in [5, 5.41) is 5.95. The van der Waals surface area contributed by atoms with E-state index in [0.29, 0.717) is 49.4 Å². The van der Waals surface area contributed by atoms with Crippen molar-refractivity contribution in [1.82, 2.24) is 20.3 Å². The quantitative estimate of drug-likeness (QED) is 0.412. The number of carbonyl (C=O) groups excluding carboxylic acids is 4. The number of halogens is 1. The highest BCUT2D eigenvalue weighted by Gasteiger charge is 2.61. The van der Waals surface area contributed by atoms with Gasteiger partial charge in [-0.05, 0) is 90.0 Å². The first-order valence-corrected chi connectivity index (χ1v) is 16.8. The summed E-state index contributed by atoms with van der Waals surface area (Å²) in [5.41, 5.74) is -1.77. The van der Waals surface area contributed by atoms with Gasteiger partial charge in [-0.2, -0.15) is 8.42 Å². The largest absolute Gasteiger partial charge is 0.436 e. The first-order valence-electron chi connectivity index (χ1n) is 15.0. The normalized spacial score (nSPS) is 26.3. The summed E-state index contributed by atoms with van der Waals surface area (Å²) in [5.74, 6) is -2.30. The van der Waals surface area contributed by atoms with Crippen LogP contribution in [0.5, 0.6) is 0 Å². The van der Waals surface area contributed by atoms with Gasteiger partial charge in [-0.25, -0.2) is 9.52 Å². The fraction of sp³-hybridized carbons (Fsp3) is 0.600. The number of nitrogens with zero attached hydrogens (tertiary/aromatic N) is 2. The smallest absolute Gasteiger partial charge is 0.408 e. The number of hydrogen-bond donors (Lipinski definition) is 3. The van der Waals surface area contributed by atoms with Gasteiger partial charge in [0.05, 0.1) is 5.69 Å². The summed E-state index contributed by atoms with van der Waals surface area (Å²) in [4.78, 5) is 55.0. The lowest BCUT2D eigenvalue weighted by atomic mass is 10.1. The minimum absolute atomic E-state index is 0.209. The molecular weight excluding hydrogens is 610 g/mol. The molecule has 0 bridgehead atoms. The number of ether oxygens (including phenoxy) is 1. The molecule has 242 valence electrons. The van der Waals surface area contributed by atoms with E-state index >= 15 is 0 Å². The highest BCUT2D eigenvalue weighted by Crippen LogP contribution is 2.45. The van der Waals surface area contributed by atoms with Crippen LogP contribution in [-0.2, 0) is 29.3 Å². The Hall–Kier alpha value is -3.32. The molecule has 4 amide bonds. The number of rotatable bonds is 5. The molecule has 0 unspecified atom stereocenters. The molecule has 12 nitrogen and oxygen atoms in total. The van der Waals surface area contributed by atoms with Crippen molar-refractivity contribution in [1.29, 1.82) is 0 Å². The third kappa shape index (κ3) is 8.03. The fourth-order valence-corrected chi connectivity index (χ4v) is 6.64. The van der Waals surface area contributed by atoms with Gasteiger partial charge in [0.1, 0.15) is 11.6 Å². The number of benzene rings is 1. The SMILES string of the molecule is CN(c1ccc(Cl)cc1)S(=O)(=O)NC(=O)[C@@]12C[C@H]1C=CCCCCC[C@H](OC(=O)NC(C)(C)C)C(=O)N1CCC[C@H]1C(=O)N2. The van der Waals surface area contributed by atoms with E-state index in [0.717, 1.165) is 17.1 Å². The maximum Gasteiger partial charge on any atom is 0.408 e. The Kier molecular flexibility index (Phi) is 10.2. The third-order valence-corrected chi connectivity index (χ3v) is 9.71. The number of alkyl carbamates (subject to hydrolysis) is 1. The van der Waals surface area contributed by atoms with Gasteiger partial charge >= 0.3 is 16.3 Å². The van der Waals surface area contributed by atoms with E-state index in [1.54, 1.807) is 20.8 Å². The minimum Gasteiger partial charge on any atom is -0.436 e.